The Morgan fingerprint density at radius 2 is 1.75 bits per heavy atom. The van der Waals surface area contributed by atoms with E-state index in [0.29, 0.717) is 13.0 Å². The number of esters is 1. The summed E-state index contributed by atoms with van der Waals surface area (Å²) in [4.78, 5) is 11.7. The lowest BCUT2D eigenvalue weighted by molar-refractivity contribution is -0.145. The van der Waals surface area contributed by atoms with Crippen LogP contribution >= 0.6 is 0 Å². The maximum absolute atomic E-state index is 11.7. The van der Waals surface area contributed by atoms with Crippen LogP contribution in [-0.2, 0) is 16.0 Å². The van der Waals surface area contributed by atoms with Crippen LogP contribution in [0, 0.1) is 0 Å². The van der Waals surface area contributed by atoms with Crippen molar-refractivity contribution in [1.29, 1.82) is 0 Å². The molecule has 0 saturated heterocycles. The van der Waals surface area contributed by atoms with Crippen LogP contribution in [0.1, 0.15) is 51.0 Å². The number of ether oxygens (including phenoxy) is 1. The van der Waals surface area contributed by atoms with E-state index < -0.39 is 6.04 Å². The van der Waals surface area contributed by atoms with E-state index in [-0.39, 0.29) is 5.97 Å². The van der Waals surface area contributed by atoms with Gasteiger partial charge in [0.05, 0.1) is 6.61 Å². The van der Waals surface area contributed by atoms with Crippen LogP contribution in [-0.4, -0.2) is 18.6 Å². The van der Waals surface area contributed by atoms with Crippen molar-refractivity contribution in [3.8, 4) is 0 Å². The van der Waals surface area contributed by atoms with Gasteiger partial charge in [0.1, 0.15) is 6.04 Å². The molecule has 3 heteroatoms. The maximum atomic E-state index is 11.7. The van der Waals surface area contributed by atoms with E-state index in [4.69, 9.17) is 10.5 Å². The van der Waals surface area contributed by atoms with Gasteiger partial charge in [0.15, 0.2) is 0 Å². The fourth-order valence-corrected chi connectivity index (χ4v) is 2.11. The van der Waals surface area contributed by atoms with E-state index in [1.165, 1.54) is 25.7 Å². The molecule has 0 bridgehead atoms. The molecule has 0 aliphatic carbocycles. The van der Waals surface area contributed by atoms with Gasteiger partial charge in [-0.2, -0.15) is 0 Å². The van der Waals surface area contributed by atoms with Crippen molar-refractivity contribution in [3.05, 3.63) is 35.9 Å². The Balaban J connectivity index is 2.10. The van der Waals surface area contributed by atoms with Gasteiger partial charge in [-0.25, -0.2) is 0 Å². The molecule has 112 valence electrons. The van der Waals surface area contributed by atoms with Gasteiger partial charge in [0.25, 0.3) is 0 Å². The van der Waals surface area contributed by atoms with Gasteiger partial charge in [0, 0.05) is 0 Å². The number of carbonyl (C=O) groups is 1. The minimum atomic E-state index is -0.558. The third kappa shape index (κ3) is 7.29. The summed E-state index contributed by atoms with van der Waals surface area (Å²) in [6.07, 6.45) is 7.65. The van der Waals surface area contributed by atoms with Gasteiger partial charge in [-0.1, -0.05) is 69.4 Å². The lowest BCUT2D eigenvalue weighted by Gasteiger charge is -2.11. The van der Waals surface area contributed by atoms with Crippen molar-refractivity contribution < 1.29 is 9.53 Å². The maximum Gasteiger partial charge on any atom is 0.323 e. The normalized spacial score (nSPS) is 12.1. The van der Waals surface area contributed by atoms with E-state index in [2.05, 4.69) is 6.92 Å². The Bertz CT molecular complexity index is 365. The minimum Gasteiger partial charge on any atom is -0.465 e. The third-order valence-corrected chi connectivity index (χ3v) is 3.34. The van der Waals surface area contributed by atoms with Gasteiger partial charge < -0.3 is 10.5 Å². The highest BCUT2D eigenvalue weighted by Gasteiger charge is 2.15. The molecule has 0 radical (unpaired) electrons. The molecule has 0 fully saturated rings. The molecule has 0 aliphatic heterocycles. The van der Waals surface area contributed by atoms with Crippen LogP contribution in [0.25, 0.3) is 0 Å². The van der Waals surface area contributed by atoms with Crippen molar-refractivity contribution >= 4 is 5.97 Å². The smallest absolute Gasteiger partial charge is 0.323 e. The van der Waals surface area contributed by atoms with Crippen molar-refractivity contribution in [2.24, 2.45) is 5.73 Å². The first-order valence-corrected chi connectivity index (χ1v) is 7.70. The standard InChI is InChI=1S/C17H27NO2/c1-2-3-4-5-6-10-13-20-17(19)16(18)14-15-11-8-7-9-12-15/h7-9,11-12,16H,2-6,10,13-14,18H2,1H3/t16-/m1/s1. The number of hydrogen-bond donors (Lipinski definition) is 1. The summed E-state index contributed by atoms with van der Waals surface area (Å²) in [6, 6.07) is 9.23. The second-order valence-electron chi connectivity index (χ2n) is 5.23. The fourth-order valence-electron chi connectivity index (χ4n) is 2.11. The van der Waals surface area contributed by atoms with E-state index in [1.54, 1.807) is 0 Å². The third-order valence-electron chi connectivity index (χ3n) is 3.34. The highest BCUT2D eigenvalue weighted by molar-refractivity contribution is 5.75. The van der Waals surface area contributed by atoms with Crippen molar-refractivity contribution in [2.75, 3.05) is 6.61 Å². The van der Waals surface area contributed by atoms with Gasteiger partial charge in [0.2, 0.25) is 0 Å². The molecule has 3 nitrogen and oxygen atoms in total. The molecule has 0 unspecified atom stereocenters. The summed E-state index contributed by atoms with van der Waals surface area (Å²) >= 11 is 0. The average Bonchev–Trinajstić information content (AvgIpc) is 2.47. The van der Waals surface area contributed by atoms with Crippen LogP contribution in [0.3, 0.4) is 0 Å². The van der Waals surface area contributed by atoms with E-state index >= 15 is 0 Å². The SMILES string of the molecule is CCCCCCCCOC(=O)[C@H](N)Cc1ccccc1. The second-order valence-corrected chi connectivity index (χ2v) is 5.23. The first-order valence-electron chi connectivity index (χ1n) is 7.70. The van der Waals surface area contributed by atoms with E-state index in [9.17, 15) is 4.79 Å². The van der Waals surface area contributed by atoms with E-state index in [1.807, 2.05) is 30.3 Å². The zero-order chi connectivity index (χ0) is 14.6. The molecular weight excluding hydrogens is 250 g/mol. The summed E-state index contributed by atoms with van der Waals surface area (Å²) in [5.74, 6) is -0.289. The molecule has 2 N–H and O–H groups in total. The fraction of sp³-hybridized carbons (Fsp3) is 0.588. The molecule has 1 aromatic rings. The Labute approximate surface area is 122 Å². The van der Waals surface area contributed by atoms with Gasteiger partial charge >= 0.3 is 5.97 Å². The predicted octanol–water partition coefficient (Wildman–Crippen LogP) is 3.46. The topological polar surface area (TPSA) is 52.3 Å². The molecule has 0 heterocycles. The first kappa shape index (κ1) is 16.7. The number of unbranched alkanes of at least 4 members (excludes halogenated alkanes) is 5. The van der Waals surface area contributed by atoms with Crippen molar-refractivity contribution in [2.45, 2.75) is 57.9 Å². The molecule has 1 atom stereocenters. The quantitative estimate of drug-likeness (QED) is 0.526. The molecular formula is C17H27NO2. The van der Waals surface area contributed by atoms with E-state index in [0.717, 1.165) is 18.4 Å². The molecule has 1 aromatic carbocycles. The zero-order valence-corrected chi connectivity index (χ0v) is 12.5. The summed E-state index contributed by atoms with van der Waals surface area (Å²) in [5.41, 5.74) is 6.92. The summed E-state index contributed by atoms with van der Waals surface area (Å²) in [7, 11) is 0. The Kier molecular flexibility index (Phi) is 8.72. The highest BCUT2D eigenvalue weighted by atomic mass is 16.5. The lowest BCUT2D eigenvalue weighted by Crippen LogP contribution is -2.34. The van der Waals surface area contributed by atoms with Crippen LogP contribution < -0.4 is 5.73 Å². The number of carbonyl (C=O) groups excluding carboxylic acids is 1. The molecule has 0 aliphatic rings. The molecule has 0 saturated carbocycles. The van der Waals surface area contributed by atoms with Gasteiger partial charge in [-0.3, -0.25) is 4.79 Å². The monoisotopic (exact) mass is 277 g/mol. The van der Waals surface area contributed by atoms with Crippen LogP contribution in [0.15, 0.2) is 30.3 Å². The van der Waals surface area contributed by atoms with Crippen LogP contribution in [0.2, 0.25) is 0 Å². The predicted molar refractivity (Wildman–Crippen MR) is 82.5 cm³/mol. The zero-order valence-electron chi connectivity index (χ0n) is 12.5. The molecule has 20 heavy (non-hydrogen) atoms. The van der Waals surface area contributed by atoms with Crippen LogP contribution in [0.5, 0.6) is 0 Å². The Morgan fingerprint density at radius 1 is 1.10 bits per heavy atom. The number of benzene rings is 1. The molecule has 0 aromatic heterocycles. The average molecular weight is 277 g/mol. The molecule has 0 amide bonds. The lowest BCUT2D eigenvalue weighted by atomic mass is 10.1. The summed E-state index contributed by atoms with van der Waals surface area (Å²) in [5, 5.41) is 0. The second kappa shape index (κ2) is 10.4. The number of rotatable bonds is 10. The Hall–Kier alpha value is -1.35. The summed E-state index contributed by atoms with van der Waals surface area (Å²) in [6.45, 7) is 2.70. The molecule has 1 rings (SSSR count). The van der Waals surface area contributed by atoms with Gasteiger partial charge in [-0.15, -0.1) is 0 Å². The van der Waals surface area contributed by atoms with Crippen LogP contribution in [0.4, 0.5) is 0 Å². The molecule has 0 spiro atoms. The largest absolute Gasteiger partial charge is 0.465 e. The summed E-state index contributed by atoms with van der Waals surface area (Å²) < 4.78 is 5.22. The number of hydrogen-bond acceptors (Lipinski definition) is 3. The minimum absolute atomic E-state index is 0.289. The Morgan fingerprint density at radius 3 is 2.45 bits per heavy atom. The van der Waals surface area contributed by atoms with Crippen molar-refractivity contribution in [1.82, 2.24) is 0 Å². The van der Waals surface area contributed by atoms with Gasteiger partial charge in [-0.05, 0) is 18.4 Å². The number of nitrogens with two attached hydrogens (primary N) is 1. The van der Waals surface area contributed by atoms with Crippen molar-refractivity contribution in [3.63, 3.8) is 0 Å². The first-order chi connectivity index (χ1) is 9.74. The highest BCUT2D eigenvalue weighted by Crippen LogP contribution is 2.06.